The van der Waals surface area contributed by atoms with Crippen LogP contribution in [0.4, 0.5) is 17.1 Å². The Kier molecular flexibility index (Phi) is 4.84. The molecule has 1 aliphatic rings. The van der Waals surface area contributed by atoms with Crippen LogP contribution in [0.25, 0.3) is 6.08 Å². The first-order chi connectivity index (χ1) is 12.5. The quantitative estimate of drug-likeness (QED) is 0.501. The smallest absolute Gasteiger partial charge is 0.271 e. The monoisotopic (exact) mass is 350 g/mol. The average Bonchev–Trinajstić information content (AvgIpc) is 2.79. The van der Waals surface area contributed by atoms with Crippen LogP contribution in [0.15, 0.2) is 59.6 Å². The molecule has 0 spiro atoms. The first-order valence-electron chi connectivity index (χ1n) is 7.70. The highest BCUT2D eigenvalue weighted by Gasteiger charge is 2.23. The maximum atomic E-state index is 12.3. The molecule has 0 bridgehead atoms. The third-order valence-electron chi connectivity index (χ3n) is 3.62. The number of rotatable bonds is 4. The van der Waals surface area contributed by atoms with Gasteiger partial charge in [0.15, 0.2) is 0 Å². The zero-order chi connectivity index (χ0) is 18.5. The van der Waals surface area contributed by atoms with E-state index in [2.05, 4.69) is 15.6 Å². The van der Waals surface area contributed by atoms with Gasteiger partial charge in [0, 0.05) is 24.4 Å². The van der Waals surface area contributed by atoms with E-state index in [1.54, 1.807) is 6.08 Å². The Morgan fingerprint density at radius 3 is 2.73 bits per heavy atom. The van der Waals surface area contributed by atoms with Crippen LogP contribution < -0.4 is 10.6 Å². The van der Waals surface area contributed by atoms with E-state index in [1.165, 1.54) is 30.5 Å². The van der Waals surface area contributed by atoms with Gasteiger partial charge in [-0.25, -0.2) is 0 Å². The van der Waals surface area contributed by atoms with Gasteiger partial charge in [0.2, 0.25) is 5.91 Å². The maximum Gasteiger partial charge on any atom is 0.271 e. The summed E-state index contributed by atoms with van der Waals surface area (Å²) in [5.41, 5.74) is 1.28. The number of fused-ring (bicyclic) bond motifs is 1. The van der Waals surface area contributed by atoms with Crippen LogP contribution in [0, 0.1) is 10.1 Å². The summed E-state index contributed by atoms with van der Waals surface area (Å²) in [6.45, 7) is 0. The maximum absolute atomic E-state index is 12.3. The van der Waals surface area contributed by atoms with Crippen LogP contribution in [0.1, 0.15) is 5.56 Å². The third kappa shape index (κ3) is 3.99. The molecule has 3 rings (SSSR count). The second-order valence-electron chi connectivity index (χ2n) is 5.46. The Balaban J connectivity index is 1.70. The molecule has 26 heavy (non-hydrogen) atoms. The molecule has 130 valence electrons. The van der Waals surface area contributed by atoms with Gasteiger partial charge in [0.25, 0.3) is 11.6 Å². The second-order valence-corrected chi connectivity index (χ2v) is 5.46. The van der Waals surface area contributed by atoms with Crippen molar-refractivity contribution in [3.8, 4) is 0 Å². The molecule has 0 saturated carbocycles. The van der Waals surface area contributed by atoms with E-state index in [0.29, 0.717) is 5.69 Å². The largest absolute Gasteiger partial charge is 0.336 e. The Morgan fingerprint density at radius 2 is 2.00 bits per heavy atom. The second kappa shape index (κ2) is 7.39. The van der Waals surface area contributed by atoms with Gasteiger partial charge in [-0.15, -0.1) is 0 Å². The van der Waals surface area contributed by atoms with Gasteiger partial charge in [-0.3, -0.25) is 24.7 Å². The fraction of sp³-hybridized carbons (Fsp3) is 0.0556. The minimum atomic E-state index is -0.991. The highest BCUT2D eigenvalue weighted by Crippen LogP contribution is 2.30. The highest BCUT2D eigenvalue weighted by atomic mass is 16.6. The fourth-order valence-corrected chi connectivity index (χ4v) is 2.32. The lowest BCUT2D eigenvalue weighted by Gasteiger charge is -2.11. The molecule has 0 fully saturated rings. The zero-order valence-electron chi connectivity index (χ0n) is 13.5. The number of aliphatic imine (C=N–C) groups is 1. The summed E-state index contributed by atoms with van der Waals surface area (Å²) in [7, 11) is 0. The predicted molar refractivity (Wildman–Crippen MR) is 97.3 cm³/mol. The SMILES string of the molecule is O=C(/C=C/c1ccccc1)NC1C=Nc2ccc([N+](=O)[O-])cc2NC1=O. The van der Waals surface area contributed by atoms with Crippen molar-refractivity contribution in [2.45, 2.75) is 6.04 Å². The number of hydrogen-bond donors (Lipinski definition) is 2. The van der Waals surface area contributed by atoms with Gasteiger partial charge in [0.1, 0.15) is 6.04 Å². The number of anilines is 1. The van der Waals surface area contributed by atoms with Crippen molar-refractivity contribution < 1.29 is 14.5 Å². The molecule has 0 aromatic heterocycles. The fourth-order valence-electron chi connectivity index (χ4n) is 2.32. The topological polar surface area (TPSA) is 114 Å². The number of non-ortho nitro benzene ring substituents is 1. The van der Waals surface area contributed by atoms with Gasteiger partial charge in [-0.05, 0) is 17.7 Å². The number of hydrogen-bond acceptors (Lipinski definition) is 5. The standard InChI is InChI=1S/C18H14N4O4/c23-17(9-6-12-4-2-1-3-5-12)20-16-11-19-14-8-7-13(22(25)26)10-15(14)21-18(16)24/h1-11,16H,(H,20,23)(H,21,24)/b9-6+. The molecule has 2 amide bonds. The summed E-state index contributed by atoms with van der Waals surface area (Å²) in [4.78, 5) is 38.7. The van der Waals surface area contributed by atoms with Gasteiger partial charge in [-0.2, -0.15) is 0 Å². The normalized spacial score (nSPS) is 15.8. The summed E-state index contributed by atoms with van der Waals surface area (Å²) >= 11 is 0. The Morgan fingerprint density at radius 1 is 1.23 bits per heavy atom. The van der Waals surface area contributed by atoms with Crippen molar-refractivity contribution in [3.05, 3.63) is 70.3 Å². The predicted octanol–water partition coefficient (Wildman–Crippen LogP) is 2.45. The molecular weight excluding hydrogens is 336 g/mol. The molecule has 0 saturated heterocycles. The van der Waals surface area contributed by atoms with Crippen molar-refractivity contribution in [2.24, 2.45) is 4.99 Å². The van der Waals surface area contributed by atoms with E-state index in [1.807, 2.05) is 30.3 Å². The van der Waals surface area contributed by atoms with E-state index in [4.69, 9.17) is 0 Å². The van der Waals surface area contributed by atoms with Crippen molar-refractivity contribution in [3.63, 3.8) is 0 Å². The number of carbonyl (C=O) groups is 2. The third-order valence-corrected chi connectivity index (χ3v) is 3.62. The molecule has 1 aliphatic heterocycles. The highest BCUT2D eigenvalue weighted by molar-refractivity contribution is 6.11. The van der Waals surface area contributed by atoms with Crippen LogP contribution in [0.5, 0.6) is 0 Å². The molecule has 2 N–H and O–H groups in total. The van der Waals surface area contributed by atoms with E-state index < -0.39 is 22.8 Å². The average molecular weight is 350 g/mol. The molecule has 1 heterocycles. The molecule has 2 aromatic carbocycles. The zero-order valence-corrected chi connectivity index (χ0v) is 13.5. The lowest BCUT2D eigenvalue weighted by atomic mass is 10.2. The van der Waals surface area contributed by atoms with Crippen LogP contribution in [-0.2, 0) is 9.59 Å². The molecule has 8 heteroatoms. The van der Waals surface area contributed by atoms with Gasteiger partial charge >= 0.3 is 0 Å². The first-order valence-corrected chi connectivity index (χ1v) is 7.70. The van der Waals surface area contributed by atoms with Crippen LogP contribution in [-0.4, -0.2) is 29.0 Å². The molecular formula is C18H14N4O4. The number of amides is 2. The number of nitro groups is 1. The first kappa shape index (κ1) is 17.0. The van der Waals surface area contributed by atoms with Crippen LogP contribution >= 0.6 is 0 Å². The van der Waals surface area contributed by atoms with Gasteiger partial charge in [-0.1, -0.05) is 30.3 Å². The molecule has 1 atom stereocenters. The van der Waals surface area contributed by atoms with Crippen molar-refractivity contribution in [2.75, 3.05) is 5.32 Å². The number of nitro benzene ring substituents is 1. The number of nitrogens with zero attached hydrogens (tertiary/aromatic N) is 2. The summed E-state index contributed by atoms with van der Waals surface area (Å²) in [5, 5.41) is 15.9. The van der Waals surface area contributed by atoms with Gasteiger partial charge in [0.05, 0.1) is 16.3 Å². The molecule has 2 aromatic rings. The Hall–Kier alpha value is -3.81. The molecule has 0 radical (unpaired) electrons. The van der Waals surface area contributed by atoms with Gasteiger partial charge < -0.3 is 10.6 Å². The molecule has 8 nitrogen and oxygen atoms in total. The van der Waals surface area contributed by atoms with E-state index in [0.717, 1.165) is 5.56 Å². The summed E-state index contributed by atoms with van der Waals surface area (Å²) in [6, 6.07) is 12.2. The minimum Gasteiger partial charge on any atom is -0.336 e. The summed E-state index contributed by atoms with van der Waals surface area (Å²) in [6.07, 6.45) is 4.24. The Bertz CT molecular complexity index is 922. The summed E-state index contributed by atoms with van der Waals surface area (Å²) in [5.74, 6) is -0.994. The van der Waals surface area contributed by atoms with Crippen LogP contribution in [0.2, 0.25) is 0 Å². The van der Waals surface area contributed by atoms with E-state index in [9.17, 15) is 19.7 Å². The van der Waals surface area contributed by atoms with E-state index in [-0.39, 0.29) is 11.4 Å². The number of nitrogens with one attached hydrogen (secondary N) is 2. The van der Waals surface area contributed by atoms with Crippen LogP contribution in [0.3, 0.4) is 0 Å². The number of carbonyl (C=O) groups excluding carboxylic acids is 2. The molecule has 1 unspecified atom stereocenters. The van der Waals surface area contributed by atoms with Crippen molar-refractivity contribution in [1.29, 1.82) is 0 Å². The summed E-state index contributed by atoms with van der Waals surface area (Å²) < 4.78 is 0. The van der Waals surface area contributed by atoms with E-state index >= 15 is 0 Å². The Labute approximate surface area is 148 Å². The van der Waals surface area contributed by atoms with Crippen molar-refractivity contribution >= 4 is 41.2 Å². The molecule has 0 aliphatic carbocycles. The lowest BCUT2D eigenvalue weighted by molar-refractivity contribution is -0.384. The lowest BCUT2D eigenvalue weighted by Crippen LogP contribution is -2.43. The number of benzene rings is 2. The van der Waals surface area contributed by atoms with Crippen molar-refractivity contribution in [1.82, 2.24) is 5.32 Å². The minimum absolute atomic E-state index is 0.160.